The third-order valence-corrected chi connectivity index (χ3v) is 11.5. The van der Waals surface area contributed by atoms with Gasteiger partial charge in [-0.05, 0) is 0 Å². The maximum absolute atomic E-state index is 15.1. The molecule has 0 aromatic heterocycles. The summed E-state index contributed by atoms with van der Waals surface area (Å²) in [6.07, 6.45) is 2.59. The van der Waals surface area contributed by atoms with E-state index in [0.29, 0.717) is 41.1 Å². The molecule has 2 aromatic carbocycles. The van der Waals surface area contributed by atoms with Gasteiger partial charge in [-0.25, -0.2) is 0 Å². The van der Waals surface area contributed by atoms with Crippen LogP contribution in [-0.2, 0) is 19.6 Å². The van der Waals surface area contributed by atoms with Crippen LogP contribution >= 0.6 is 11.8 Å². The van der Waals surface area contributed by atoms with Crippen molar-refractivity contribution in [3.8, 4) is 0 Å². The van der Waals surface area contributed by atoms with Crippen molar-refractivity contribution in [1.29, 1.82) is 0 Å². The summed E-state index contributed by atoms with van der Waals surface area (Å²) in [4.78, 5) is 27.4. The molecule has 1 atom stereocenters. The van der Waals surface area contributed by atoms with E-state index in [1.807, 2.05) is 35.1 Å². The van der Waals surface area contributed by atoms with Crippen LogP contribution in [0.4, 0.5) is 10.1 Å². The van der Waals surface area contributed by atoms with Crippen molar-refractivity contribution in [2.24, 2.45) is 0 Å². The fourth-order valence-electron chi connectivity index (χ4n) is 4.83. The third-order valence-electron chi connectivity index (χ3n) is 7.15. The Kier molecular flexibility index (Phi) is 11.6. The zero-order valence-electron chi connectivity index (χ0n) is 22.6. The Morgan fingerprint density at radius 1 is 1.15 bits per heavy atom. The molecular formula is C27H36FIN4O6S2. The molecule has 1 amide bonds. The number of anilines is 1. The molecule has 0 spiro atoms. The van der Waals surface area contributed by atoms with E-state index in [2.05, 4.69) is 10.2 Å². The van der Waals surface area contributed by atoms with Crippen LogP contribution in [0.15, 0.2) is 58.3 Å². The molecule has 4 rings (SSSR count). The minimum absolute atomic E-state index is 0.0174. The predicted molar refractivity (Wildman–Crippen MR) is 149 cm³/mol. The maximum atomic E-state index is 15.1. The van der Waals surface area contributed by atoms with E-state index in [4.69, 9.17) is 4.74 Å². The number of carbonyl (C=O) groups is 1. The van der Waals surface area contributed by atoms with E-state index in [9.17, 15) is 23.3 Å². The molecule has 0 bridgehead atoms. The number of benzene rings is 2. The van der Waals surface area contributed by atoms with Gasteiger partial charge in [0.25, 0.3) is 0 Å². The molecule has 1 aliphatic heterocycles. The Morgan fingerprint density at radius 2 is 1.85 bits per heavy atom. The Morgan fingerprint density at radius 3 is 2.54 bits per heavy atom. The summed E-state index contributed by atoms with van der Waals surface area (Å²) in [5.41, 5.74) is -1.68. The normalized spacial score (nSPS) is 18.5. The molecule has 3 N–H and O–H groups in total. The summed E-state index contributed by atoms with van der Waals surface area (Å²) in [6.45, 7) is 3.92. The number of nitrogens with zero attached hydrogens (tertiary/aromatic N) is 2. The van der Waals surface area contributed by atoms with Crippen LogP contribution in [0, 0.1) is 8.48 Å². The summed E-state index contributed by atoms with van der Waals surface area (Å²) in [5.74, 6) is -0.453. The molecule has 41 heavy (non-hydrogen) atoms. The van der Waals surface area contributed by atoms with Crippen LogP contribution < -0.4 is 31.5 Å². The van der Waals surface area contributed by atoms with Crippen molar-refractivity contribution in [3.63, 3.8) is 0 Å². The molecule has 1 aliphatic carbocycles. The fourth-order valence-corrected chi connectivity index (χ4v) is 8.62. The number of ether oxygens (including phenoxy) is 1. The zero-order valence-corrected chi connectivity index (χ0v) is 26.4. The van der Waals surface area contributed by atoms with Crippen LogP contribution in [-0.4, -0.2) is 77.9 Å². The summed E-state index contributed by atoms with van der Waals surface area (Å²) in [7, 11) is -4.40. The number of amides is 1. The second kappa shape index (κ2) is 14.9. The molecule has 1 saturated carbocycles. The topological polar surface area (TPSA) is 128 Å². The Labute approximate surface area is 255 Å². The number of rotatable bonds is 13. The molecule has 14 heteroatoms. The molecule has 2 fully saturated rings. The number of morpholine rings is 1. The Balaban J connectivity index is 1.52. The van der Waals surface area contributed by atoms with Crippen LogP contribution in [0.25, 0.3) is 0 Å². The van der Waals surface area contributed by atoms with Crippen molar-refractivity contribution >= 4 is 33.4 Å². The number of thioether (sulfide) groups is 1. The molecule has 0 unspecified atom stereocenters. The molecule has 0 radical (unpaired) electrons. The average Bonchev–Trinajstić information content (AvgIpc) is 2.96. The molecule has 1 heterocycles. The number of nitrogens with one attached hydrogen (secondary N) is 2. The van der Waals surface area contributed by atoms with E-state index >= 15 is 4.39 Å². The SMILES string of the molecule is O=C(NS(=O)(=O)c1ccc(N[C@H](CCN2CCOCC2)CSc2ccccc2)c([I-][N+](=O)O)c1)C1(F)CCCCC1. The number of hydrogen-bond acceptors (Lipinski definition) is 8. The van der Waals surface area contributed by atoms with Gasteiger partial charge in [-0.3, -0.25) is 0 Å². The van der Waals surface area contributed by atoms with Gasteiger partial charge in [-0.1, -0.05) is 0 Å². The van der Waals surface area contributed by atoms with Crippen LogP contribution in [0.3, 0.4) is 0 Å². The number of sulfonamides is 1. The summed E-state index contributed by atoms with van der Waals surface area (Å²) >= 11 is -0.00270. The second-order valence-corrected chi connectivity index (χ2v) is 15.4. The summed E-state index contributed by atoms with van der Waals surface area (Å²) < 4.78 is 48.7. The van der Waals surface area contributed by atoms with Crippen molar-refractivity contribution < 1.29 is 52.2 Å². The van der Waals surface area contributed by atoms with Crippen LogP contribution in [0.5, 0.6) is 0 Å². The molecule has 1 saturated heterocycles. The van der Waals surface area contributed by atoms with Gasteiger partial charge in [0.1, 0.15) is 0 Å². The van der Waals surface area contributed by atoms with Gasteiger partial charge in [0, 0.05) is 0 Å². The first-order valence-electron chi connectivity index (χ1n) is 13.6. The number of halogens is 2. The minimum atomic E-state index is -4.40. The monoisotopic (exact) mass is 722 g/mol. The molecule has 2 aromatic rings. The summed E-state index contributed by atoms with van der Waals surface area (Å²) in [6, 6.07) is 14.1. The molecular weight excluding hydrogens is 686 g/mol. The van der Waals surface area contributed by atoms with E-state index < -0.39 is 43.1 Å². The van der Waals surface area contributed by atoms with Gasteiger partial charge in [0.05, 0.1) is 0 Å². The van der Waals surface area contributed by atoms with Gasteiger partial charge >= 0.3 is 256 Å². The quantitative estimate of drug-likeness (QED) is 0.119. The van der Waals surface area contributed by atoms with Crippen molar-refractivity contribution in [1.82, 2.24) is 9.62 Å². The first kappa shape index (κ1) is 31.9. The molecule has 226 valence electrons. The van der Waals surface area contributed by atoms with Crippen LogP contribution in [0.2, 0.25) is 0 Å². The van der Waals surface area contributed by atoms with Gasteiger partial charge in [-0.2, -0.15) is 0 Å². The number of hydrogen-bond donors (Lipinski definition) is 3. The Hall–Kier alpha value is -2.01. The average molecular weight is 723 g/mol. The van der Waals surface area contributed by atoms with Gasteiger partial charge < -0.3 is 0 Å². The van der Waals surface area contributed by atoms with E-state index in [1.54, 1.807) is 17.8 Å². The van der Waals surface area contributed by atoms with Crippen molar-refractivity contribution in [2.45, 2.75) is 60.0 Å². The molecule has 2 aliphatic rings. The summed E-state index contributed by atoms with van der Waals surface area (Å²) in [5, 5.41) is 13.0. The van der Waals surface area contributed by atoms with E-state index in [1.165, 1.54) is 12.1 Å². The van der Waals surface area contributed by atoms with Gasteiger partial charge in [0.15, 0.2) is 0 Å². The molecule has 10 nitrogen and oxygen atoms in total. The second-order valence-electron chi connectivity index (χ2n) is 10.1. The van der Waals surface area contributed by atoms with E-state index in [0.717, 1.165) is 37.4 Å². The first-order valence-corrected chi connectivity index (χ1v) is 18.1. The van der Waals surface area contributed by atoms with Gasteiger partial charge in [0.2, 0.25) is 0 Å². The number of carbonyl (C=O) groups excluding carboxylic acids is 1. The predicted octanol–water partition coefficient (Wildman–Crippen LogP) is 0.801. The Bertz CT molecular complexity index is 1290. The van der Waals surface area contributed by atoms with Gasteiger partial charge in [-0.15, -0.1) is 0 Å². The standard InChI is InChI=1S/C27H36FIN4O6S2/c28-27(12-5-2-6-13-27)26(34)31-41(37,38)23-9-10-25(24(19-23)29-33(35)36)30-21(11-14-32-15-17-39-18-16-32)20-40-22-7-3-1-4-8-22/h1,3-4,7-10,19,21,30H,2,5-6,11-18,20H2,(H,31,34)(H,35,36)/t21-/m1/s1. The van der Waals surface area contributed by atoms with Crippen molar-refractivity contribution in [3.05, 3.63) is 57.0 Å². The fraction of sp³-hybridized carbons (Fsp3) is 0.519. The van der Waals surface area contributed by atoms with Crippen molar-refractivity contribution in [2.75, 3.05) is 43.9 Å². The van der Waals surface area contributed by atoms with E-state index in [-0.39, 0.29) is 26.9 Å². The third kappa shape index (κ3) is 9.49. The first-order chi connectivity index (χ1) is 19.6. The number of alkyl halides is 1. The zero-order chi connectivity index (χ0) is 29.3. The van der Waals surface area contributed by atoms with Crippen LogP contribution in [0.1, 0.15) is 38.5 Å².